The minimum atomic E-state index is -0.814. The molecule has 2 atom stereocenters. The lowest BCUT2D eigenvalue weighted by atomic mass is 9.84. The number of ether oxygens (including phenoxy) is 1. The third-order valence-electron chi connectivity index (χ3n) is 5.78. The van der Waals surface area contributed by atoms with E-state index < -0.39 is 22.8 Å². The number of carbonyl (C=O) groups is 2. The fourth-order valence-corrected chi connectivity index (χ4v) is 5.43. The Kier molecular flexibility index (Phi) is 8.91. The van der Waals surface area contributed by atoms with Crippen LogP contribution in [0.3, 0.4) is 0 Å². The van der Waals surface area contributed by atoms with Crippen molar-refractivity contribution in [2.45, 2.75) is 30.7 Å². The lowest BCUT2D eigenvalue weighted by Gasteiger charge is -2.36. The van der Waals surface area contributed by atoms with Crippen molar-refractivity contribution in [2.24, 2.45) is 11.7 Å². The van der Waals surface area contributed by atoms with E-state index in [-0.39, 0.29) is 11.8 Å². The summed E-state index contributed by atoms with van der Waals surface area (Å²) in [5.74, 6) is -0.625. The van der Waals surface area contributed by atoms with Crippen molar-refractivity contribution in [3.05, 3.63) is 108 Å². The molecule has 0 radical (unpaired) electrons. The molecule has 34 heavy (non-hydrogen) atoms. The number of rotatable bonds is 10. The Balaban J connectivity index is 1.95. The van der Waals surface area contributed by atoms with Gasteiger partial charge in [0.2, 0.25) is 5.91 Å². The molecule has 0 heterocycles. The molecule has 0 aliphatic heterocycles. The van der Waals surface area contributed by atoms with Crippen molar-refractivity contribution in [3.8, 4) is 0 Å². The van der Waals surface area contributed by atoms with Crippen molar-refractivity contribution < 1.29 is 14.3 Å². The molecular formula is C28H32N2O3S. The second-order valence-corrected chi connectivity index (χ2v) is 9.68. The van der Waals surface area contributed by atoms with Gasteiger partial charge in [-0.3, -0.25) is 4.79 Å². The van der Waals surface area contributed by atoms with Gasteiger partial charge in [0, 0.05) is 5.75 Å². The minimum Gasteiger partial charge on any atom is -0.467 e. The highest BCUT2D eigenvalue weighted by atomic mass is 32.2. The van der Waals surface area contributed by atoms with Crippen LogP contribution in [0.1, 0.15) is 30.5 Å². The van der Waals surface area contributed by atoms with Gasteiger partial charge in [-0.1, -0.05) is 105 Å². The summed E-state index contributed by atoms with van der Waals surface area (Å²) in [4.78, 5) is 25.0. The summed E-state index contributed by atoms with van der Waals surface area (Å²) in [7, 11) is 1.31. The number of hydrogen-bond acceptors (Lipinski definition) is 5. The van der Waals surface area contributed by atoms with Gasteiger partial charge in [0.1, 0.15) is 6.04 Å². The van der Waals surface area contributed by atoms with Gasteiger partial charge in [-0.05, 0) is 22.6 Å². The number of benzene rings is 3. The fourth-order valence-electron chi connectivity index (χ4n) is 3.94. The van der Waals surface area contributed by atoms with Crippen molar-refractivity contribution >= 4 is 23.6 Å². The zero-order valence-corrected chi connectivity index (χ0v) is 20.6. The van der Waals surface area contributed by atoms with E-state index in [0.717, 1.165) is 16.7 Å². The first-order valence-electron chi connectivity index (χ1n) is 11.3. The average molecular weight is 477 g/mol. The molecule has 0 saturated carbocycles. The molecular weight excluding hydrogens is 444 g/mol. The Labute approximate surface area is 206 Å². The van der Waals surface area contributed by atoms with Crippen molar-refractivity contribution in [1.29, 1.82) is 0 Å². The Bertz CT molecular complexity index is 962. The molecule has 0 bridgehead atoms. The van der Waals surface area contributed by atoms with Crippen LogP contribution in [0, 0.1) is 5.92 Å². The van der Waals surface area contributed by atoms with Gasteiger partial charge in [-0.25, -0.2) is 4.79 Å². The summed E-state index contributed by atoms with van der Waals surface area (Å²) >= 11 is 1.61. The number of amides is 1. The highest BCUT2D eigenvalue weighted by Gasteiger charge is 2.38. The molecule has 0 aliphatic rings. The second kappa shape index (κ2) is 11.9. The maximum atomic E-state index is 12.9. The molecule has 5 nitrogen and oxygen atoms in total. The van der Waals surface area contributed by atoms with Crippen LogP contribution in [0.2, 0.25) is 0 Å². The molecule has 0 fully saturated rings. The Morgan fingerprint density at radius 2 is 1.26 bits per heavy atom. The summed E-state index contributed by atoms with van der Waals surface area (Å²) in [6, 6.07) is 29.2. The number of thioether (sulfide) groups is 1. The maximum Gasteiger partial charge on any atom is 0.328 e. The van der Waals surface area contributed by atoms with Crippen molar-refractivity contribution in [3.63, 3.8) is 0 Å². The highest BCUT2D eigenvalue weighted by Crippen LogP contribution is 2.48. The van der Waals surface area contributed by atoms with Gasteiger partial charge in [-0.15, -0.1) is 11.8 Å². The SMILES string of the molecule is COC(=O)[C@@H](NC(=O)[C@H](N)CSC(c1ccccc1)(c1ccccc1)c1ccccc1)C(C)C. The maximum absolute atomic E-state index is 12.9. The van der Waals surface area contributed by atoms with Crippen molar-refractivity contribution in [2.75, 3.05) is 12.9 Å². The van der Waals surface area contributed by atoms with E-state index in [1.807, 2.05) is 68.4 Å². The number of hydrogen-bond donors (Lipinski definition) is 2. The van der Waals surface area contributed by atoms with E-state index in [0.29, 0.717) is 5.75 Å². The predicted octanol–water partition coefficient (Wildman–Crippen LogP) is 4.35. The van der Waals surface area contributed by atoms with Gasteiger partial charge in [0.05, 0.1) is 17.9 Å². The Hall–Kier alpha value is -3.09. The third-order valence-corrected chi connectivity index (χ3v) is 7.44. The number of esters is 1. The first kappa shape index (κ1) is 25.5. The second-order valence-electron chi connectivity index (χ2n) is 8.45. The number of nitrogens with two attached hydrogens (primary N) is 1. The first-order valence-corrected chi connectivity index (χ1v) is 12.3. The van der Waals surface area contributed by atoms with Gasteiger partial charge in [-0.2, -0.15) is 0 Å². The Morgan fingerprint density at radius 1 is 0.853 bits per heavy atom. The molecule has 0 spiro atoms. The average Bonchev–Trinajstić information content (AvgIpc) is 2.88. The van der Waals surface area contributed by atoms with E-state index in [1.165, 1.54) is 7.11 Å². The Morgan fingerprint density at radius 3 is 1.62 bits per heavy atom. The fraction of sp³-hybridized carbons (Fsp3) is 0.286. The lowest BCUT2D eigenvalue weighted by Crippen LogP contribution is -2.52. The standard InChI is InChI=1S/C28H32N2O3S/c1-20(2)25(27(32)33-3)30-26(31)24(29)19-34-28(21-13-7-4-8-14-21,22-15-9-5-10-16-22)23-17-11-6-12-18-23/h4-18,20,24-25H,19,29H2,1-3H3,(H,30,31)/t24-,25+/m1/s1. The molecule has 3 rings (SSSR count). The number of methoxy groups -OCH3 is 1. The largest absolute Gasteiger partial charge is 0.467 e. The number of carbonyl (C=O) groups excluding carboxylic acids is 2. The highest BCUT2D eigenvalue weighted by molar-refractivity contribution is 8.00. The summed E-state index contributed by atoms with van der Waals surface area (Å²) in [5, 5.41) is 2.77. The third kappa shape index (κ3) is 5.69. The lowest BCUT2D eigenvalue weighted by molar-refractivity contribution is -0.146. The number of nitrogens with one attached hydrogen (secondary N) is 1. The summed E-state index contributed by atoms with van der Waals surface area (Å²) in [6.45, 7) is 3.71. The van der Waals surface area contributed by atoms with Crippen LogP contribution in [0.15, 0.2) is 91.0 Å². The van der Waals surface area contributed by atoms with E-state index in [9.17, 15) is 9.59 Å². The predicted molar refractivity (Wildman–Crippen MR) is 138 cm³/mol. The first-order chi connectivity index (χ1) is 16.4. The van der Waals surface area contributed by atoms with Crippen LogP contribution in [-0.4, -0.2) is 36.8 Å². The van der Waals surface area contributed by atoms with E-state index in [4.69, 9.17) is 10.5 Å². The van der Waals surface area contributed by atoms with Crippen LogP contribution in [0.25, 0.3) is 0 Å². The van der Waals surface area contributed by atoms with Crippen LogP contribution < -0.4 is 11.1 Å². The zero-order valence-electron chi connectivity index (χ0n) is 19.8. The molecule has 0 aliphatic carbocycles. The van der Waals surface area contributed by atoms with E-state index in [2.05, 4.69) is 41.7 Å². The molecule has 0 aromatic heterocycles. The molecule has 3 aromatic carbocycles. The van der Waals surface area contributed by atoms with Gasteiger partial charge in [0.25, 0.3) is 0 Å². The normalized spacial score (nSPS) is 13.2. The molecule has 3 N–H and O–H groups in total. The van der Waals surface area contributed by atoms with Crippen LogP contribution in [0.5, 0.6) is 0 Å². The summed E-state index contributed by atoms with van der Waals surface area (Å²) < 4.78 is 4.27. The summed E-state index contributed by atoms with van der Waals surface area (Å²) in [6.07, 6.45) is 0. The monoisotopic (exact) mass is 476 g/mol. The van der Waals surface area contributed by atoms with Crippen LogP contribution >= 0.6 is 11.8 Å². The molecule has 0 unspecified atom stereocenters. The molecule has 178 valence electrons. The summed E-state index contributed by atoms with van der Waals surface area (Å²) in [5.41, 5.74) is 9.65. The van der Waals surface area contributed by atoms with Crippen molar-refractivity contribution in [1.82, 2.24) is 5.32 Å². The van der Waals surface area contributed by atoms with Gasteiger partial charge in [0.15, 0.2) is 0 Å². The molecule has 6 heteroatoms. The molecule has 1 amide bonds. The quantitative estimate of drug-likeness (QED) is 0.336. The smallest absolute Gasteiger partial charge is 0.328 e. The van der Waals surface area contributed by atoms with Crippen LogP contribution in [-0.2, 0) is 19.1 Å². The van der Waals surface area contributed by atoms with Crippen LogP contribution in [0.4, 0.5) is 0 Å². The van der Waals surface area contributed by atoms with Gasteiger partial charge >= 0.3 is 5.97 Å². The minimum absolute atomic E-state index is 0.117. The van der Waals surface area contributed by atoms with E-state index in [1.54, 1.807) is 11.8 Å². The van der Waals surface area contributed by atoms with E-state index >= 15 is 0 Å². The zero-order chi connectivity index (χ0) is 24.6. The van der Waals surface area contributed by atoms with Gasteiger partial charge < -0.3 is 15.8 Å². The molecule has 0 saturated heterocycles. The molecule has 3 aromatic rings. The topological polar surface area (TPSA) is 81.4 Å².